The van der Waals surface area contributed by atoms with Crippen LogP contribution < -0.4 is 10.5 Å². The quantitative estimate of drug-likeness (QED) is 0.666. The highest BCUT2D eigenvalue weighted by Crippen LogP contribution is 2.33. The van der Waals surface area contributed by atoms with E-state index in [0.29, 0.717) is 17.1 Å². The minimum atomic E-state index is -0.343. The van der Waals surface area contributed by atoms with Crippen LogP contribution in [0.4, 0.5) is 0 Å². The van der Waals surface area contributed by atoms with Crippen LogP contribution in [0.25, 0.3) is 11.0 Å². The van der Waals surface area contributed by atoms with Gasteiger partial charge in [0, 0.05) is 0 Å². The van der Waals surface area contributed by atoms with Crippen molar-refractivity contribution in [3.8, 4) is 5.75 Å². The highest BCUT2D eigenvalue weighted by molar-refractivity contribution is 7.80. The zero-order chi connectivity index (χ0) is 13.8. The number of rotatable bonds is 5. The fraction of sp³-hybridized carbons (Fsp3) is 0.231. The van der Waals surface area contributed by atoms with E-state index in [1.807, 2.05) is 18.2 Å². The molecular formula is C13H13NO4S. The lowest BCUT2D eigenvalue weighted by Gasteiger charge is -2.05. The minimum Gasteiger partial charge on any atom is -0.488 e. The van der Waals surface area contributed by atoms with Crippen LogP contribution in [0, 0.1) is 0 Å². The first-order valence-corrected chi connectivity index (χ1v) is 6.05. The Hall–Kier alpha value is -2.08. The predicted octanol–water partition coefficient (Wildman–Crippen LogP) is 2.01. The zero-order valence-corrected chi connectivity index (χ0v) is 11.2. The van der Waals surface area contributed by atoms with Gasteiger partial charge in [-0.2, -0.15) is 0 Å². The summed E-state index contributed by atoms with van der Waals surface area (Å²) in [5.74, 6) is 0.442. The van der Waals surface area contributed by atoms with Crippen LogP contribution in [0.3, 0.4) is 0 Å². The number of furan rings is 1. The molecule has 1 aromatic carbocycles. The number of hydrogen-bond donors (Lipinski definition) is 1. The maximum atomic E-state index is 11.0. The number of carbonyl (C=O) groups excluding carboxylic acids is 1. The average Bonchev–Trinajstić information content (AvgIpc) is 2.78. The third-order valence-corrected chi connectivity index (χ3v) is 2.74. The molecule has 0 aliphatic heterocycles. The summed E-state index contributed by atoms with van der Waals surface area (Å²) in [5, 5.41) is 0.773. The van der Waals surface area contributed by atoms with Gasteiger partial charge in [-0.15, -0.1) is 0 Å². The SMILES string of the molecule is COC(=O)CCOc1c(C(N)=S)oc2ccccc12. The van der Waals surface area contributed by atoms with Gasteiger partial charge in [-0.05, 0) is 12.1 Å². The highest BCUT2D eigenvalue weighted by atomic mass is 32.1. The molecular weight excluding hydrogens is 266 g/mol. The van der Waals surface area contributed by atoms with Crippen LogP contribution in [0.1, 0.15) is 12.2 Å². The molecule has 0 amide bonds. The molecule has 0 aliphatic carbocycles. The molecule has 0 atom stereocenters. The van der Waals surface area contributed by atoms with Crippen LogP contribution in [-0.4, -0.2) is 24.7 Å². The number of benzene rings is 1. The van der Waals surface area contributed by atoms with Crippen molar-refractivity contribution in [3.05, 3.63) is 30.0 Å². The number of thiocarbonyl (C=S) groups is 1. The van der Waals surface area contributed by atoms with Crippen molar-refractivity contribution < 1.29 is 18.7 Å². The lowest BCUT2D eigenvalue weighted by atomic mass is 10.2. The van der Waals surface area contributed by atoms with E-state index in [0.717, 1.165) is 5.39 Å². The number of ether oxygens (including phenoxy) is 2. The highest BCUT2D eigenvalue weighted by Gasteiger charge is 2.17. The smallest absolute Gasteiger partial charge is 0.308 e. The molecule has 100 valence electrons. The predicted molar refractivity (Wildman–Crippen MR) is 74.2 cm³/mol. The Morgan fingerprint density at radius 2 is 2.16 bits per heavy atom. The van der Waals surface area contributed by atoms with E-state index < -0.39 is 0 Å². The molecule has 0 radical (unpaired) electrons. The lowest BCUT2D eigenvalue weighted by Crippen LogP contribution is -2.12. The molecule has 1 aromatic heterocycles. The molecule has 0 saturated heterocycles. The van der Waals surface area contributed by atoms with Gasteiger partial charge < -0.3 is 19.6 Å². The second-order valence-corrected chi connectivity index (χ2v) is 4.24. The van der Waals surface area contributed by atoms with Crippen LogP contribution >= 0.6 is 12.2 Å². The maximum absolute atomic E-state index is 11.0. The first-order valence-electron chi connectivity index (χ1n) is 5.64. The second-order valence-electron chi connectivity index (χ2n) is 3.80. The zero-order valence-electron chi connectivity index (χ0n) is 10.3. The molecule has 0 unspecified atom stereocenters. The monoisotopic (exact) mass is 279 g/mol. The van der Waals surface area contributed by atoms with Gasteiger partial charge in [0.25, 0.3) is 0 Å². The van der Waals surface area contributed by atoms with Crippen LogP contribution in [0.2, 0.25) is 0 Å². The molecule has 0 saturated carbocycles. The van der Waals surface area contributed by atoms with E-state index in [-0.39, 0.29) is 24.0 Å². The van der Waals surface area contributed by atoms with E-state index in [2.05, 4.69) is 4.74 Å². The third-order valence-electron chi connectivity index (χ3n) is 2.55. The molecule has 2 rings (SSSR count). The van der Waals surface area contributed by atoms with E-state index in [1.165, 1.54) is 7.11 Å². The number of carbonyl (C=O) groups is 1. The molecule has 0 aliphatic rings. The van der Waals surface area contributed by atoms with Gasteiger partial charge in [0.2, 0.25) is 5.76 Å². The summed E-state index contributed by atoms with van der Waals surface area (Å²) in [6.45, 7) is 0.172. The summed E-state index contributed by atoms with van der Waals surface area (Å²) in [7, 11) is 1.33. The number of para-hydroxylation sites is 1. The van der Waals surface area contributed by atoms with Crippen LogP contribution in [-0.2, 0) is 9.53 Å². The van der Waals surface area contributed by atoms with Gasteiger partial charge >= 0.3 is 5.97 Å². The number of hydrogen-bond acceptors (Lipinski definition) is 5. The van der Waals surface area contributed by atoms with Gasteiger partial charge in [-0.25, -0.2) is 0 Å². The van der Waals surface area contributed by atoms with E-state index in [9.17, 15) is 4.79 Å². The molecule has 2 aromatic rings. The summed E-state index contributed by atoms with van der Waals surface area (Å²) in [4.78, 5) is 11.2. The molecule has 0 bridgehead atoms. The lowest BCUT2D eigenvalue weighted by molar-refractivity contribution is -0.141. The standard InChI is InChI=1S/C13H13NO4S/c1-16-10(15)6-7-17-11-8-4-2-3-5-9(8)18-12(11)13(14)19/h2-5H,6-7H2,1H3,(H2,14,19). The van der Waals surface area contributed by atoms with Crippen molar-refractivity contribution in [1.29, 1.82) is 0 Å². The maximum Gasteiger partial charge on any atom is 0.308 e. The van der Waals surface area contributed by atoms with Crippen molar-refractivity contribution in [3.63, 3.8) is 0 Å². The van der Waals surface area contributed by atoms with Gasteiger partial charge in [0.05, 0.1) is 25.5 Å². The molecule has 6 heteroatoms. The van der Waals surface area contributed by atoms with Crippen molar-refractivity contribution >= 4 is 34.1 Å². The Labute approximate surface area is 115 Å². The summed E-state index contributed by atoms with van der Waals surface area (Å²) in [6, 6.07) is 7.33. The Morgan fingerprint density at radius 3 is 2.84 bits per heavy atom. The third kappa shape index (κ3) is 2.85. The van der Waals surface area contributed by atoms with Gasteiger partial charge in [0.15, 0.2) is 5.75 Å². The number of esters is 1. The first kappa shape index (κ1) is 13.4. The van der Waals surface area contributed by atoms with Crippen molar-refractivity contribution in [2.45, 2.75) is 6.42 Å². The van der Waals surface area contributed by atoms with Gasteiger partial charge in [-0.3, -0.25) is 4.79 Å². The summed E-state index contributed by atoms with van der Waals surface area (Å²) in [5.41, 5.74) is 6.24. The van der Waals surface area contributed by atoms with Crippen molar-refractivity contribution in [2.24, 2.45) is 5.73 Å². The molecule has 2 N–H and O–H groups in total. The Balaban J connectivity index is 2.26. The minimum absolute atomic E-state index is 0.115. The van der Waals surface area contributed by atoms with E-state index in [4.69, 9.17) is 27.1 Å². The van der Waals surface area contributed by atoms with E-state index in [1.54, 1.807) is 6.07 Å². The molecule has 19 heavy (non-hydrogen) atoms. The summed E-state index contributed by atoms with van der Waals surface area (Å²) in [6.07, 6.45) is 0.146. The fourth-order valence-electron chi connectivity index (χ4n) is 1.67. The van der Waals surface area contributed by atoms with Gasteiger partial charge in [-0.1, -0.05) is 24.4 Å². The van der Waals surface area contributed by atoms with Crippen LogP contribution in [0.15, 0.2) is 28.7 Å². The number of methoxy groups -OCH3 is 1. The summed E-state index contributed by atoms with van der Waals surface area (Å²) >= 11 is 4.93. The molecule has 0 fully saturated rings. The average molecular weight is 279 g/mol. The largest absolute Gasteiger partial charge is 0.488 e. The van der Waals surface area contributed by atoms with Crippen molar-refractivity contribution in [2.75, 3.05) is 13.7 Å². The molecule has 5 nitrogen and oxygen atoms in total. The van der Waals surface area contributed by atoms with Crippen molar-refractivity contribution in [1.82, 2.24) is 0 Å². The molecule has 1 heterocycles. The topological polar surface area (TPSA) is 74.7 Å². The second kappa shape index (κ2) is 5.71. The first-order chi connectivity index (χ1) is 9.13. The van der Waals surface area contributed by atoms with Gasteiger partial charge in [0.1, 0.15) is 10.6 Å². The Bertz CT molecular complexity index is 620. The van der Waals surface area contributed by atoms with Crippen LogP contribution in [0.5, 0.6) is 5.75 Å². The fourth-order valence-corrected chi connectivity index (χ4v) is 1.80. The molecule has 0 spiro atoms. The Morgan fingerprint density at radius 1 is 1.42 bits per heavy atom. The number of nitrogens with two attached hydrogens (primary N) is 1. The number of fused-ring (bicyclic) bond motifs is 1. The normalized spacial score (nSPS) is 10.4. The Kier molecular flexibility index (Phi) is 4.01. The van der Waals surface area contributed by atoms with E-state index >= 15 is 0 Å². The summed E-state index contributed by atoms with van der Waals surface area (Å²) < 4.78 is 15.6.